The molecule has 0 aliphatic carbocycles. The molecular formula is C16H20N2O3S. The van der Waals surface area contributed by atoms with Crippen molar-refractivity contribution < 1.29 is 15.0 Å². The van der Waals surface area contributed by atoms with E-state index in [0.29, 0.717) is 19.5 Å². The normalized spacial score (nSPS) is 13.5. The van der Waals surface area contributed by atoms with Crippen molar-refractivity contribution >= 4 is 17.4 Å². The van der Waals surface area contributed by atoms with Gasteiger partial charge >= 0.3 is 6.09 Å². The van der Waals surface area contributed by atoms with Crippen LogP contribution in [0, 0.1) is 0 Å². The zero-order valence-corrected chi connectivity index (χ0v) is 12.9. The summed E-state index contributed by atoms with van der Waals surface area (Å²) in [6.07, 6.45) is -1.47. The van der Waals surface area contributed by atoms with Crippen molar-refractivity contribution in [2.45, 2.75) is 25.1 Å². The van der Waals surface area contributed by atoms with Gasteiger partial charge in [-0.15, -0.1) is 11.3 Å². The number of aliphatic hydroxyl groups excluding tert-OH is 1. The highest BCUT2D eigenvalue weighted by atomic mass is 32.1. The zero-order chi connectivity index (χ0) is 15.8. The predicted octanol–water partition coefficient (Wildman–Crippen LogP) is 2.08. The highest BCUT2D eigenvalue weighted by Gasteiger charge is 2.21. The van der Waals surface area contributed by atoms with Crippen LogP contribution in [0.3, 0.4) is 0 Å². The number of amides is 1. The summed E-state index contributed by atoms with van der Waals surface area (Å²) in [5.74, 6) is 0. The molecule has 0 aliphatic heterocycles. The molecule has 0 bridgehead atoms. The molecule has 6 heteroatoms. The minimum Gasteiger partial charge on any atom is -0.465 e. The summed E-state index contributed by atoms with van der Waals surface area (Å²) in [5.41, 5.74) is 0.985. The second-order valence-electron chi connectivity index (χ2n) is 5.02. The average molecular weight is 320 g/mol. The Bertz CT molecular complexity index is 560. The van der Waals surface area contributed by atoms with Gasteiger partial charge in [0.1, 0.15) is 0 Å². The van der Waals surface area contributed by atoms with E-state index in [-0.39, 0.29) is 0 Å². The molecule has 0 aliphatic rings. The van der Waals surface area contributed by atoms with E-state index in [4.69, 9.17) is 5.11 Å². The van der Waals surface area contributed by atoms with E-state index in [1.165, 1.54) is 4.88 Å². The molecule has 1 aromatic carbocycles. The molecule has 2 rings (SSSR count). The average Bonchev–Trinajstić information content (AvgIpc) is 3.00. The monoisotopic (exact) mass is 320 g/mol. The molecule has 0 fully saturated rings. The maximum absolute atomic E-state index is 10.9. The van der Waals surface area contributed by atoms with E-state index in [0.717, 1.165) is 5.56 Å². The van der Waals surface area contributed by atoms with E-state index in [1.807, 2.05) is 47.8 Å². The van der Waals surface area contributed by atoms with Gasteiger partial charge in [-0.25, -0.2) is 4.79 Å². The molecule has 1 heterocycles. The number of thiophene rings is 1. The van der Waals surface area contributed by atoms with Gasteiger partial charge in [-0.3, -0.25) is 0 Å². The van der Waals surface area contributed by atoms with Crippen molar-refractivity contribution in [2.75, 3.05) is 6.54 Å². The fraction of sp³-hybridized carbons (Fsp3) is 0.312. The van der Waals surface area contributed by atoms with Crippen molar-refractivity contribution in [1.82, 2.24) is 10.6 Å². The molecule has 0 unspecified atom stereocenters. The molecule has 1 amide bonds. The van der Waals surface area contributed by atoms with Crippen LogP contribution in [0.15, 0.2) is 47.8 Å². The molecule has 0 radical (unpaired) electrons. The minimum atomic E-state index is -1.13. The van der Waals surface area contributed by atoms with E-state index in [2.05, 4.69) is 10.6 Å². The second-order valence-corrected chi connectivity index (χ2v) is 6.06. The lowest BCUT2D eigenvalue weighted by molar-refractivity contribution is 0.117. The Balaban J connectivity index is 1.87. The Morgan fingerprint density at radius 3 is 2.59 bits per heavy atom. The number of hydrogen-bond donors (Lipinski definition) is 4. The molecule has 0 spiro atoms. The highest BCUT2D eigenvalue weighted by Crippen LogP contribution is 2.09. The summed E-state index contributed by atoms with van der Waals surface area (Å²) in [6, 6.07) is 13.0. The first-order chi connectivity index (χ1) is 10.6. The Hall–Kier alpha value is -1.89. The van der Waals surface area contributed by atoms with E-state index in [9.17, 15) is 9.90 Å². The number of aliphatic hydroxyl groups is 1. The standard InChI is InChI=1S/C16H20N2O3S/c19-15(11-17-10-13-7-4-8-22-13)14(18-16(20)21)9-12-5-2-1-3-6-12/h1-8,14-15,17-19H,9-11H2,(H,20,21)/t14-,15-/m0/s1. The van der Waals surface area contributed by atoms with Gasteiger partial charge in [-0.1, -0.05) is 36.4 Å². The summed E-state index contributed by atoms with van der Waals surface area (Å²) in [7, 11) is 0. The molecular weight excluding hydrogens is 300 g/mol. The third-order valence-corrected chi connectivity index (χ3v) is 4.18. The van der Waals surface area contributed by atoms with Crippen LogP contribution in [-0.4, -0.2) is 35.0 Å². The molecule has 0 saturated heterocycles. The van der Waals surface area contributed by atoms with E-state index in [1.54, 1.807) is 11.3 Å². The molecule has 0 saturated carbocycles. The van der Waals surface area contributed by atoms with E-state index >= 15 is 0 Å². The fourth-order valence-electron chi connectivity index (χ4n) is 2.21. The lowest BCUT2D eigenvalue weighted by atomic mass is 10.0. The summed E-state index contributed by atoms with van der Waals surface area (Å²) < 4.78 is 0. The quantitative estimate of drug-likeness (QED) is 0.600. The molecule has 1 aromatic heterocycles. The van der Waals surface area contributed by atoms with Crippen LogP contribution in [0.4, 0.5) is 4.79 Å². The summed E-state index contributed by atoms with van der Waals surface area (Å²) in [6.45, 7) is 0.996. The smallest absolute Gasteiger partial charge is 0.404 e. The van der Waals surface area contributed by atoms with Gasteiger partial charge in [-0.05, 0) is 23.4 Å². The van der Waals surface area contributed by atoms with E-state index < -0.39 is 18.2 Å². The van der Waals surface area contributed by atoms with Crippen LogP contribution in [0.2, 0.25) is 0 Å². The molecule has 2 atom stereocenters. The van der Waals surface area contributed by atoms with Crippen LogP contribution >= 0.6 is 11.3 Å². The Kier molecular flexibility index (Phi) is 6.39. The van der Waals surface area contributed by atoms with Crippen LogP contribution in [0.5, 0.6) is 0 Å². The largest absolute Gasteiger partial charge is 0.465 e. The van der Waals surface area contributed by atoms with Gasteiger partial charge in [0.25, 0.3) is 0 Å². The first kappa shape index (κ1) is 16.5. The van der Waals surface area contributed by atoms with Crippen molar-refractivity contribution in [3.05, 3.63) is 58.3 Å². The summed E-state index contributed by atoms with van der Waals surface area (Å²) in [4.78, 5) is 12.1. The fourth-order valence-corrected chi connectivity index (χ4v) is 2.88. The first-order valence-electron chi connectivity index (χ1n) is 7.09. The zero-order valence-electron chi connectivity index (χ0n) is 12.1. The van der Waals surface area contributed by atoms with Gasteiger partial charge in [0.2, 0.25) is 0 Å². The second kappa shape index (κ2) is 8.53. The summed E-state index contributed by atoms with van der Waals surface area (Å²) in [5, 5.41) is 26.8. The predicted molar refractivity (Wildman–Crippen MR) is 87.1 cm³/mol. The van der Waals surface area contributed by atoms with Crippen molar-refractivity contribution in [3.63, 3.8) is 0 Å². The molecule has 4 N–H and O–H groups in total. The number of hydrogen-bond acceptors (Lipinski definition) is 4. The summed E-state index contributed by atoms with van der Waals surface area (Å²) >= 11 is 1.64. The number of benzene rings is 1. The molecule has 5 nitrogen and oxygen atoms in total. The SMILES string of the molecule is O=C(O)N[C@@H](Cc1ccccc1)[C@@H](O)CNCc1cccs1. The highest BCUT2D eigenvalue weighted by molar-refractivity contribution is 7.09. The van der Waals surface area contributed by atoms with Crippen LogP contribution in [0.1, 0.15) is 10.4 Å². The van der Waals surface area contributed by atoms with Gasteiger partial charge in [0, 0.05) is 18.0 Å². The van der Waals surface area contributed by atoms with Gasteiger partial charge < -0.3 is 20.8 Å². The van der Waals surface area contributed by atoms with Crippen molar-refractivity contribution in [3.8, 4) is 0 Å². The van der Waals surface area contributed by atoms with Gasteiger partial charge in [0.15, 0.2) is 0 Å². The lowest BCUT2D eigenvalue weighted by Crippen LogP contribution is -2.48. The Morgan fingerprint density at radius 2 is 1.95 bits per heavy atom. The van der Waals surface area contributed by atoms with Gasteiger partial charge in [-0.2, -0.15) is 0 Å². The topological polar surface area (TPSA) is 81.6 Å². The number of nitrogens with one attached hydrogen (secondary N) is 2. The molecule has 118 valence electrons. The molecule has 2 aromatic rings. The molecule has 22 heavy (non-hydrogen) atoms. The first-order valence-corrected chi connectivity index (χ1v) is 7.97. The number of carbonyl (C=O) groups is 1. The number of carboxylic acid groups (broad SMARTS) is 1. The van der Waals surface area contributed by atoms with Crippen LogP contribution < -0.4 is 10.6 Å². The van der Waals surface area contributed by atoms with Crippen molar-refractivity contribution in [1.29, 1.82) is 0 Å². The van der Waals surface area contributed by atoms with Crippen molar-refractivity contribution in [2.24, 2.45) is 0 Å². The lowest BCUT2D eigenvalue weighted by Gasteiger charge is -2.23. The number of rotatable bonds is 8. The third kappa shape index (κ3) is 5.48. The van der Waals surface area contributed by atoms with Gasteiger partial charge in [0.05, 0.1) is 12.1 Å². The maximum atomic E-state index is 10.9. The Morgan fingerprint density at radius 1 is 1.18 bits per heavy atom. The Labute approximate surface area is 133 Å². The minimum absolute atomic E-state index is 0.329. The van der Waals surface area contributed by atoms with Crippen LogP contribution in [-0.2, 0) is 13.0 Å². The van der Waals surface area contributed by atoms with Crippen LogP contribution in [0.25, 0.3) is 0 Å². The maximum Gasteiger partial charge on any atom is 0.404 e. The third-order valence-electron chi connectivity index (χ3n) is 3.30.